The van der Waals surface area contributed by atoms with E-state index < -0.39 is 5.60 Å². The molecule has 0 aromatic rings. The van der Waals surface area contributed by atoms with Gasteiger partial charge in [0.05, 0.1) is 19.7 Å². The molecule has 0 aliphatic carbocycles. The predicted octanol–water partition coefficient (Wildman–Crippen LogP) is 2.25. The minimum atomic E-state index is -0.487. The van der Waals surface area contributed by atoms with E-state index in [4.69, 9.17) is 9.47 Å². The Hall–Kier alpha value is -1.10. The maximum atomic E-state index is 12.8. The molecular weight excluding hydrogens is 225 g/mol. The van der Waals surface area contributed by atoms with Crippen molar-refractivity contribution in [3.05, 3.63) is 11.9 Å². The van der Waals surface area contributed by atoms with Gasteiger partial charge in [-0.05, 0) is 26.8 Å². The Morgan fingerprint density at radius 3 is 2.65 bits per heavy atom. The normalized spacial score (nSPS) is 23.1. The van der Waals surface area contributed by atoms with Crippen LogP contribution in [-0.2, 0) is 9.47 Å². The number of halogens is 1. The number of hydrogen-bond donors (Lipinski definition) is 0. The van der Waals surface area contributed by atoms with Crippen LogP contribution < -0.4 is 0 Å². The van der Waals surface area contributed by atoms with Gasteiger partial charge in [-0.1, -0.05) is 0 Å². The molecule has 1 saturated heterocycles. The first-order valence-electron chi connectivity index (χ1n) is 5.76. The highest BCUT2D eigenvalue weighted by molar-refractivity contribution is 5.69. The lowest BCUT2D eigenvalue weighted by atomic mass is 9.89. The smallest absolute Gasteiger partial charge is 0.410 e. The molecule has 0 aromatic carbocycles. The number of carbonyl (C=O) groups excluding carboxylic acids is 1. The third-order valence-corrected chi connectivity index (χ3v) is 2.82. The highest BCUT2D eigenvalue weighted by atomic mass is 19.1. The van der Waals surface area contributed by atoms with Crippen LogP contribution in [-0.4, -0.2) is 41.9 Å². The van der Waals surface area contributed by atoms with Gasteiger partial charge in [0.1, 0.15) is 17.0 Å². The number of amides is 1. The zero-order valence-corrected chi connectivity index (χ0v) is 10.5. The van der Waals surface area contributed by atoms with E-state index in [0.29, 0.717) is 19.5 Å². The summed E-state index contributed by atoms with van der Waals surface area (Å²) in [6.07, 6.45) is 1.73. The van der Waals surface area contributed by atoms with E-state index in [1.54, 1.807) is 4.90 Å². The Morgan fingerprint density at radius 1 is 1.53 bits per heavy atom. The van der Waals surface area contributed by atoms with Crippen LogP contribution in [0.25, 0.3) is 0 Å². The van der Waals surface area contributed by atoms with Gasteiger partial charge in [-0.3, -0.25) is 0 Å². The molecule has 2 aliphatic heterocycles. The monoisotopic (exact) mass is 243 g/mol. The van der Waals surface area contributed by atoms with Crippen LogP contribution in [0.2, 0.25) is 0 Å². The summed E-state index contributed by atoms with van der Waals surface area (Å²) in [7, 11) is 0. The predicted molar refractivity (Wildman–Crippen MR) is 60.3 cm³/mol. The van der Waals surface area contributed by atoms with Gasteiger partial charge < -0.3 is 14.4 Å². The maximum Gasteiger partial charge on any atom is 0.410 e. The van der Waals surface area contributed by atoms with Crippen LogP contribution in [0.4, 0.5) is 9.18 Å². The lowest BCUT2D eigenvalue weighted by Gasteiger charge is -2.50. The Kier molecular flexibility index (Phi) is 2.89. The van der Waals surface area contributed by atoms with Gasteiger partial charge in [-0.25, -0.2) is 9.18 Å². The van der Waals surface area contributed by atoms with Crippen LogP contribution in [0.1, 0.15) is 27.2 Å². The molecule has 2 aliphatic rings. The zero-order chi connectivity index (χ0) is 12.7. The van der Waals surface area contributed by atoms with Gasteiger partial charge in [0.2, 0.25) is 0 Å². The topological polar surface area (TPSA) is 38.8 Å². The molecule has 0 aromatic heterocycles. The molecule has 0 saturated carbocycles. The fourth-order valence-corrected chi connectivity index (χ4v) is 1.96. The Morgan fingerprint density at radius 2 is 2.18 bits per heavy atom. The largest absolute Gasteiger partial charge is 0.444 e. The Bertz CT molecular complexity index is 353. The third-order valence-electron chi connectivity index (χ3n) is 2.82. The number of nitrogens with zero attached hydrogens (tertiary/aromatic N) is 1. The van der Waals surface area contributed by atoms with E-state index in [1.807, 2.05) is 20.8 Å². The summed E-state index contributed by atoms with van der Waals surface area (Å²) >= 11 is 0. The second-order valence-electron chi connectivity index (χ2n) is 5.66. The van der Waals surface area contributed by atoms with Crippen molar-refractivity contribution in [1.29, 1.82) is 0 Å². The van der Waals surface area contributed by atoms with E-state index in [1.165, 1.54) is 6.08 Å². The fraction of sp³-hybridized carbons (Fsp3) is 0.750. The highest BCUT2D eigenvalue weighted by Crippen LogP contribution is 2.34. The van der Waals surface area contributed by atoms with Gasteiger partial charge in [0.25, 0.3) is 0 Å². The van der Waals surface area contributed by atoms with Gasteiger partial charge in [0.15, 0.2) is 0 Å². The van der Waals surface area contributed by atoms with Crippen molar-refractivity contribution in [1.82, 2.24) is 4.90 Å². The molecule has 5 heteroatoms. The third kappa shape index (κ3) is 2.77. The summed E-state index contributed by atoms with van der Waals surface area (Å²) in [5.41, 5.74) is -0.869. The Balaban J connectivity index is 1.85. The summed E-state index contributed by atoms with van der Waals surface area (Å²) in [6, 6.07) is 0. The average molecular weight is 243 g/mol. The number of carbonyl (C=O) groups is 1. The Labute approximate surface area is 100 Å². The average Bonchev–Trinajstić information content (AvgIpc) is 2.13. The number of rotatable bonds is 0. The van der Waals surface area contributed by atoms with Gasteiger partial charge >= 0.3 is 6.09 Å². The van der Waals surface area contributed by atoms with Crippen LogP contribution >= 0.6 is 0 Å². The van der Waals surface area contributed by atoms with Crippen molar-refractivity contribution in [2.75, 3.05) is 19.7 Å². The van der Waals surface area contributed by atoms with Crippen molar-refractivity contribution >= 4 is 6.09 Å². The maximum absolute atomic E-state index is 12.8. The standard InChI is InChI=1S/C12H18FNO3/c1-11(2,3)17-10(15)14-7-12(8-14)5-4-9(13)6-16-12/h4H,5-8H2,1-3H3. The summed E-state index contributed by atoms with van der Waals surface area (Å²) in [6.45, 7) is 6.46. The first-order chi connectivity index (χ1) is 7.80. The number of likely N-dealkylation sites (tertiary alicyclic amines) is 1. The molecule has 0 unspecified atom stereocenters. The van der Waals surface area contributed by atoms with Gasteiger partial charge in [-0.2, -0.15) is 0 Å². The van der Waals surface area contributed by atoms with Crippen LogP contribution in [0.15, 0.2) is 11.9 Å². The lowest BCUT2D eigenvalue weighted by Crippen LogP contribution is -2.65. The summed E-state index contributed by atoms with van der Waals surface area (Å²) in [5, 5.41) is 0. The molecule has 0 radical (unpaired) electrons. The molecule has 0 atom stereocenters. The second-order valence-corrected chi connectivity index (χ2v) is 5.66. The fourth-order valence-electron chi connectivity index (χ4n) is 1.96. The highest BCUT2D eigenvalue weighted by Gasteiger charge is 2.48. The summed E-state index contributed by atoms with van der Waals surface area (Å²) < 4.78 is 23.5. The SMILES string of the molecule is CC(C)(C)OC(=O)N1CC2(CC=C(F)CO2)C1. The molecule has 1 spiro atoms. The van der Waals surface area contributed by atoms with Crippen LogP contribution in [0.5, 0.6) is 0 Å². The van der Waals surface area contributed by atoms with Crippen molar-refractivity contribution in [2.45, 2.75) is 38.4 Å². The van der Waals surface area contributed by atoms with Crippen LogP contribution in [0.3, 0.4) is 0 Å². The van der Waals surface area contributed by atoms with E-state index in [0.717, 1.165) is 0 Å². The van der Waals surface area contributed by atoms with Crippen molar-refractivity contribution in [3.63, 3.8) is 0 Å². The molecule has 1 fully saturated rings. The van der Waals surface area contributed by atoms with Gasteiger partial charge in [-0.15, -0.1) is 0 Å². The van der Waals surface area contributed by atoms with Crippen LogP contribution in [0, 0.1) is 0 Å². The second kappa shape index (κ2) is 3.98. The first kappa shape index (κ1) is 12.4. The summed E-state index contributed by atoms with van der Waals surface area (Å²) in [5.74, 6) is -0.230. The first-order valence-corrected chi connectivity index (χ1v) is 5.76. The molecule has 4 nitrogen and oxygen atoms in total. The zero-order valence-electron chi connectivity index (χ0n) is 10.5. The quantitative estimate of drug-likeness (QED) is 0.655. The minimum absolute atomic E-state index is 0.0160. The molecular formula is C12H18FNO3. The van der Waals surface area contributed by atoms with Crippen molar-refractivity contribution in [3.8, 4) is 0 Å². The van der Waals surface area contributed by atoms with E-state index in [9.17, 15) is 9.18 Å². The van der Waals surface area contributed by atoms with Crippen molar-refractivity contribution in [2.24, 2.45) is 0 Å². The number of hydrogen-bond acceptors (Lipinski definition) is 3. The van der Waals surface area contributed by atoms with Crippen molar-refractivity contribution < 1.29 is 18.7 Å². The minimum Gasteiger partial charge on any atom is -0.444 e. The molecule has 2 rings (SSSR count). The lowest BCUT2D eigenvalue weighted by molar-refractivity contribution is -0.140. The molecule has 0 bridgehead atoms. The molecule has 1 amide bonds. The van der Waals surface area contributed by atoms with E-state index in [-0.39, 0.29) is 24.1 Å². The van der Waals surface area contributed by atoms with E-state index in [2.05, 4.69) is 0 Å². The van der Waals surface area contributed by atoms with E-state index >= 15 is 0 Å². The molecule has 2 heterocycles. The molecule has 17 heavy (non-hydrogen) atoms. The molecule has 96 valence electrons. The number of ether oxygens (including phenoxy) is 2. The summed E-state index contributed by atoms with van der Waals surface area (Å²) in [4.78, 5) is 13.3. The molecule has 0 N–H and O–H groups in total. The van der Waals surface area contributed by atoms with Gasteiger partial charge in [0, 0.05) is 6.42 Å².